The van der Waals surface area contributed by atoms with Crippen LogP contribution in [0.5, 0.6) is 11.6 Å². The quantitative estimate of drug-likeness (QED) is 0.559. The van der Waals surface area contributed by atoms with E-state index in [0.29, 0.717) is 24.1 Å². The second-order valence-corrected chi connectivity index (χ2v) is 10.9. The highest BCUT2D eigenvalue weighted by Gasteiger charge is 2.78. The van der Waals surface area contributed by atoms with Gasteiger partial charge in [-0.2, -0.15) is 10.5 Å². The van der Waals surface area contributed by atoms with E-state index in [1.165, 1.54) is 13.2 Å². The smallest absolute Gasteiger partial charge is 0.224 e. The third kappa shape index (κ3) is 3.71. The highest BCUT2D eigenvalue weighted by atomic mass is 16.5. The molecule has 1 aliphatic heterocycles. The summed E-state index contributed by atoms with van der Waals surface area (Å²) in [4.78, 5) is 6.58. The molecule has 2 N–H and O–H groups in total. The zero-order valence-electron chi connectivity index (χ0n) is 22.8. The van der Waals surface area contributed by atoms with Crippen LogP contribution < -0.4 is 9.47 Å². The van der Waals surface area contributed by atoms with E-state index in [0.717, 1.165) is 13.1 Å². The van der Waals surface area contributed by atoms with Gasteiger partial charge in [-0.1, -0.05) is 57.2 Å². The Morgan fingerprint density at radius 2 is 1.87 bits per heavy atom. The third-order valence-corrected chi connectivity index (χ3v) is 8.97. The number of hydrogen-bond donors (Lipinski definition) is 2. The number of nitriles is 2. The van der Waals surface area contributed by atoms with Gasteiger partial charge in [-0.05, 0) is 42.6 Å². The van der Waals surface area contributed by atoms with Gasteiger partial charge >= 0.3 is 0 Å². The summed E-state index contributed by atoms with van der Waals surface area (Å²) in [7, 11) is 1.43. The Hall–Kier alpha value is -3.69. The maximum Gasteiger partial charge on any atom is 0.224 e. The van der Waals surface area contributed by atoms with Crippen molar-refractivity contribution in [1.82, 2.24) is 9.88 Å². The molecule has 1 saturated carbocycles. The minimum absolute atomic E-state index is 0.0487. The number of ether oxygens (including phenoxy) is 2. The van der Waals surface area contributed by atoms with E-state index in [-0.39, 0.29) is 22.9 Å². The highest BCUT2D eigenvalue weighted by Crippen LogP contribution is 2.71. The Morgan fingerprint density at radius 1 is 1.15 bits per heavy atom. The average molecular weight is 527 g/mol. The van der Waals surface area contributed by atoms with Gasteiger partial charge in [0.15, 0.2) is 11.2 Å². The summed E-state index contributed by atoms with van der Waals surface area (Å²) in [5.41, 5.74) is -2.49. The first-order chi connectivity index (χ1) is 18.7. The lowest BCUT2D eigenvalue weighted by Crippen LogP contribution is -2.55. The molecule has 8 heteroatoms. The van der Waals surface area contributed by atoms with Crippen molar-refractivity contribution >= 4 is 0 Å². The maximum atomic E-state index is 13.0. The summed E-state index contributed by atoms with van der Waals surface area (Å²) in [5, 5.41) is 44.4. The van der Waals surface area contributed by atoms with Gasteiger partial charge in [-0.25, -0.2) is 4.98 Å². The van der Waals surface area contributed by atoms with E-state index in [1.807, 2.05) is 18.2 Å². The molecule has 202 valence electrons. The Bertz CT molecular complexity index is 1400. The van der Waals surface area contributed by atoms with E-state index in [4.69, 9.17) is 9.47 Å². The molecule has 0 bridgehead atoms. The molecule has 3 aliphatic rings. The van der Waals surface area contributed by atoms with Crippen LogP contribution in [0.25, 0.3) is 0 Å². The zero-order chi connectivity index (χ0) is 28.0. The van der Waals surface area contributed by atoms with Gasteiger partial charge in [0.2, 0.25) is 5.88 Å². The van der Waals surface area contributed by atoms with Gasteiger partial charge in [0, 0.05) is 24.4 Å². The SMILES string of the molecule is CCN(CC)C[C@H]1[C@@H](O)[C@@]2(O)c3c(cc(C#N)nc3OC)O[C@@]2(c2ccc(C#N)cc2)[C@@H]1C1(C)C=CC=CC1. The number of fused-ring (bicyclic) bond motifs is 3. The Balaban J connectivity index is 1.85. The van der Waals surface area contributed by atoms with E-state index < -0.39 is 34.6 Å². The van der Waals surface area contributed by atoms with E-state index in [2.05, 4.69) is 48.9 Å². The zero-order valence-corrected chi connectivity index (χ0v) is 22.8. The van der Waals surface area contributed by atoms with Crippen molar-refractivity contribution in [3.63, 3.8) is 0 Å². The van der Waals surface area contributed by atoms with Gasteiger partial charge in [-0.15, -0.1) is 0 Å². The molecule has 1 fully saturated rings. The fourth-order valence-corrected chi connectivity index (χ4v) is 7.20. The number of rotatable bonds is 7. The standard InChI is InChI=1S/C31H34N4O4/c1-5-35(6-2)19-23-26(29(3)14-8-7-9-15-29)31(21-12-10-20(17-32)11-13-21)30(37,27(23)36)25-24(39-31)16-22(18-33)34-28(25)38-4/h7-14,16,23,26-27,36-37H,5-6,15,19H2,1-4H3/t23-,26+,27-,29?,30+,31+/m1/s1. The lowest BCUT2D eigenvalue weighted by molar-refractivity contribution is -0.166. The molecular formula is C31H34N4O4. The summed E-state index contributed by atoms with van der Waals surface area (Å²) in [6.45, 7) is 8.41. The molecular weight excluding hydrogens is 492 g/mol. The summed E-state index contributed by atoms with van der Waals surface area (Å²) in [6.07, 6.45) is 7.68. The maximum absolute atomic E-state index is 13.0. The molecule has 8 nitrogen and oxygen atoms in total. The molecule has 1 aromatic carbocycles. The van der Waals surface area contributed by atoms with Crippen LogP contribution in [-0.4, -0.2) is 52.9 Å². The molecule has 39 heavy (non-hydrogen) atoms. The predicted octanol–water partition coefficient (Wildman–Crippen LogP) is 3.78. The number of aliphatic hydroxyl groups excluding tert-OH is 1. The molecule has 0 amide bonds. The second-order valence-electron chi connectivity index (χ2n) is 10.9. The van der Waals surface area contributed by atoms with Crippen molar-refractivity contribution in [2.45, 2.75) is 44.5 Å². The van der Waals surface area contributed by atoms with Crippen LogP contribution in [-0.2, 0) is 11.2 Å². The van der Waals surface area contributed by atoms with Crippen LogP contribution in [0.2, 0.25) is 0 Å². The van der Waals surface area contributed by atoms with Gasteiger partial charge in [-0.3, -0.25) is 0 Å². The van der Waals surface area contributed by atoms with Gasteiger partial charge in [0.05, 0.1) is 30.4 Å². The largest absolute Gasteiger partial charge is 0.481 e. The lowest BCUT2D eigenvalue weighted by Gasteiger charge is -2.48. The Labute approximate surface area is 229 Å². The molecule has 2 aliphatic carbocycles. The topological polar surface area (TPSA) is 123 Å². The first-order valence-corrected chi connectivity index (χ1v) is 13.4. The number of methoxy groups -OCH3 is 1. The first-order valence-electron chi connectivity index (χ1n) is 13.4. The van der Waals surface area contributed by atoms with Crippen LogP contribution in [0.4, 0.5) is 0 Å². The highest BCUT2D eigenvalue weighted by molar-refractivity contribution is 5.59. The Morgan fingerprint density at radius 3 is 2.44 bits per heavy atom. The molecule has 0 saturated heterocycles. The van der Waals surface area contributed by atoms with Crippen molar-refractivity contribution in [3.05, 3.63) is 77.0 Å². The van der Waals surface area contributed by atoms with Crippen molar-refractivity contribution in [2.24, 2.45) is 17.3 Å². The predicted molar refractivity (Wildman–Crippen MR) is 145 cm³/mol. The molecule has 0 radical (unpaired) electrons. The van der Waals surface area contributed by atoms with Gasteiger partial charge < -0.3 is 24.6 Å². The Kier molecular flexibility index (Phi) is 6.76. The van der Waals surface area contributed by atoms with Gasteiger partial charge in [0.25, 0.3) is 0 Å². The van der Waals surface area contributed by atoms with E-state index >= 15 is 0 Å². The average Bonchev–Trinajstić information content (AvgIpc) is 3.33. The minimum Gasteiger partial charge on any atom is -0.481 e. The molecule has 5 rings (SSSR count). The van der Waals surface area contributed by atoms with Crippen LogP contribution in [0, 0.1) is 39.9 Å². The van der Waals surface area contributed by atoms with Crippen LogP contribution in [0.1, 0.15) is 49.6 Å². The van der Waals surface area contributed by atoms with Crippen molar-refractivity contribution in [3.8, 4) is 23.8 Å². The van der Waals surface area contributed by atoms with Crippen molar-refractivity contribution < 1.29 is 19.7 Å². The summed E-state index contributed by atoms with van der Waals surface area (Å²) in [5.74, 6) is -0.510. The van der Waals surface area contributed by atoms with Crippen LogP contribution in [0.3, 0.4) is 0 Å². The third-order valence-electron chi connectivity index (χ3n) is 8.97. The van der Waals surface area contributed by atoms with Crippen LogP contribution >= 0.6 is 0 Å². The number of allylic oxidation sites excluding steroid dienone is 4. The number of pyridine rings is 1. The minimum atomic E-state index is -1.96. The van der Waals surface area contributed by atoms with Crippen molar-refractivity contribution in [1.29, 1.82) is 10.5 Å². The van der Waals surface area contributed by atoms with Crippen molar-refractivity contribution in [2.75, 3.05) is 26.7 Å². The summed E-state index contributed by atoms with van der Waals surface area (Å²) >= 11 is 0. The second kappa shape index (κ2) is 9.81. The molecule has 1 aromatic heterocycles. The number of nitrogens with zero attached hydrogens (tertiary/aromatic N) is 4. The number of aromatic nitrogens is 1. The van der Waals surface area contributed by atoms with Gasteiger partial charge in [0.1, 0.15) is 17.5 Å². The molecule has 1 unspecified atom stereocenters. The number of hydrogen-bond acceptors (Lipinski definition) is 8. The van der Waals surface area contributed by atoms with E-state index in [9.17, 15) is 20.7 Å². The van der Waals surface area contributed by atoms with E-state index in [1.54, 1.807) is 24.3 Å². The monoisotopic (exact) mass is 526 g/mol. The summed E-state index contributed by atoms with van der Waals surface area (Å²) in [6, 6.07) is 12.7. The summed E-state index contributed by atoms with van der Waals surface area (Å²) < 4.78 is 12.5. The van der Waals surface area contributed by atoms with Crippen LogP contribution in [0.15, 0.2) is 54.6 Å². The number of aliphatic hydroxyl groups is 2. The fraction of sp³-hybridized carbons (Fsp3) is 0.452. The number of benzene rings is 1. The molecule has 6 atom stereocenters. The molecule has 0 spiro atoms. The normalized spacial score (nSPS) is 32.3. The fourth-order valence-electron chi connectivity index (χ4n) is 7.20. The first kappa shape index (κ1) is 26.9. The molecule has 2 heterocycles. The lowest BCUT2D eigenvalue weighted by atomic mass is 9.60. The molecule has 2 aromatic rings.